The van der Waals surface area contributed by atoms with E-state index in [0.717, 1.165) is 11.3 Å². The first-order valence-corrected chi connectivity index (χ1v) is 7.21. The van der Waals surface area contributed by atoms with Crippen molar-refractivity contribution in [1.29, 1.82) is 0 Å². The van der Waals surface area contributed by atoms with Gasteiger partial charge in [0.15, 0.2) is 11.7 Å². The van der Waals surface area contributed by atoms with Crippen LogP contribution in [0.25, 0.3) is 10.2 Å². The molecule has 0 saturated carbocycles. The lowest BCUT2D eigenvalue weighted by Gasteiger charge is -2.08. The minimum absolute atomic E-state index is 0. The quantitative estimate of drug-likeness (QED) is 0.848. The molecule has 0 saturated heterocycles. The zero-order valence-electron chi connectivity index (χ0n) is 12.0. The van der Waals surface area contributed by atoms with Gasteiger partial charge in [-0.15, -0.1) is 12.4 Å². The van der Waals surface area contributed by atoms with E-state index in [-0.39, 0.29) is 36.5 Å². The van der Waals surface area contributed by atoms with Crippen molar-refractivity contribution in [2.75, 3.05) is 18.5 Å². The summed E-state index contributed by atoms with van der Waals surface area (Å²) in [5.41, 5.74) is 5.97. The fourth-order valence-electron chi connectivity index (χ4n) is 1.55. The number of alkyl halides is 3. The molecule has 23 heavy (non-hydrogen) atoms. The van der Waals surface area contributed by atoms with Crippen LogP contribution < -0.4 is 15.8 Å². The van der Waals surface area contributed by atoms with E-state index in [1.54, 1.807) is 13.0 Å². The number of nitrogens with two attached hydrogens (primary N) is 1. The number of fused-ring (bicyclic) bond motifs is 1. The maximum absolute atomic E-state index is 12.1. The van der Waals surface area contributed by atoms with Gasteiger partial charge in [-0.1, -0.05) is 18.3 Å². The number of ether oxygens (including phenoxy) is 1. The van der Waals surface area contributed by atoms with Gasteiger partial charge in [0.05, 0.1) is 10.2 Å². The smallest absolute Gasteiger partial charge is 0.422 e. The third kappa shape index (κ3) is 5.52. The van der Waals surface area contributed by atoms with Crippen LogP contribution in [0, 0.1) is 5.92 Å². The summed E-state index contributed by atoms with van der Waals surface area (Å²) in [4.78, 5) is 15.9. The molecule has 3 N–H and O–H groups in total. The zero-order valence-corrected chi connectivity index (χ0v) is 13.6. The molecular formula is C13H15ClF3N3O2S. The summed E-state index contributed by atoms with van der Waals surface area (Å²) < 4.78 is 41.7. The summed E-state index contributed by atoms with van der Waals surface area (Å²) in [5.74, 6) is -0.505. The van der Waals surface area contributed by atoms with Crippen molar-refractivity contribution in [1.82, 2.24) is 4.98 Å². The van der Waals surface area contributed by atoms with E-state index < -0.39 is 12.8 Å². The van der Waals surface area contributed by atoms with Crippen LogP contribution in [0.3, 0.4) is 0 Å². The van der Waals surface area contributed by atoms with Gasteiger partial charge in [0.2, 0.25) is 5.91 Å². The second-order valence-electron chi connectivity index (χ2n) is 4.68. The summed E-state index contributed by atoms with van der Waals surface area (Å²) in [6, 6.07) is 4.40. The number of carbonyl (C=O) groups excluding carboxylic acids is 1. The Morgan fingerprint density at radius 2 is 2.17 bits per heavy atom. The van der Waals surface area contributed by atoms with Crippen LogP contribution in [-0.2, 0) is 4.79 Å². The number of hydrogen-bond acceptors (Lipinski definition) is 5. The van der Waals surface area contributed by atoms with Crippen molar-refractivity contribution in [3.05, 3.63) is 18.2 Å². The highest BCUT2D eigenvalue weighted by Crippen LogP contribution is 2.30. The second kappa shape index (κ2) is 7.80. The van der Waals surface area contributed by atoms with Gasteiger partial charge < -0.3 is 15.8 Å². The average Bonchev–Trinajstić information content (AvgIpc) is 2.84. The van der Waals surface area contributed by atoms with Crippen LogP contribution in [0.5, 0.6) is 5.75 Å². The minimum Gasteiger partial charge on any atom is -0.484 e. The summed E-state index contributed by atoms with van der Waals surface area (Å²) in [6.07, 6.45) is -4.39. The Balaban J connectivity index is 0.00000264. The number of anilines is 1. The van der Waals surface area contributed by atoms with E-state index in [1.807, 2.05) is 0 Å². The topological polar surface area (TPSA) is 77.2 Å². The normalized spacial score (nSPS) is 12.6. The number of amides is 1. The molecular weight excluding hydrogens is 355 g/mol. The first-order chi connectivity index (χ1) is 10.3. The molecule has 2 rings (SSSR count). The molecule has 1 atom stereocenters. The lowest BCUT2D eigenvalue weighted by Crippen LogP contribution is -2.26. The molecule has 5 nitrogen and oxygen atoms in total. The van der Waals surface area contributed by atoms with Gasteiger partial charge >= 0.3 is 6.18 Å². The second-order valence-corrected chi connectivity index (χ2v) is 5.71. The predicted octanol–water partition coefficient (Wildman–Crippen LogP) is 3.19. The number of aromatic nitrogens is 1. The maximum atomic E-state index is 12.1. The monoisotopic (exact) mass is 369 g/mol. The van der Waals surface area contributed by atoms with Gasteiger partial charge in [0.1, 0.15) is 5.75 Å². The third-order valence-corrected chi connectivity index (χ3v) is 3.73. The summed E-state index contributed by atoms with van der Waals surface area (Å²) in [6.45, 7) is 0.548. The van der Waals surface area contributed by atoms with Crippen molar-refractivity contribution >= 4 is 45.0 Å². The largest absolute Gasteiger partial charge is 0.484 e. The van der Waals surface area contributed by atoms with E-state index >= 15 is 0 Å². The van der Waals surface area contributed by atoms with Crippen LogP contribution >= 0.6 is 23.7 Å². The fourth-order valence-corrected chi connectivity index (χ4v) is 2.45. The van der Waals surface area contributed by atoms with Crippen molar-refractivity contribution in [2.24, 2.45) is 11.7 Å². The molecule has 0 aliphatic carbocycles. The number of rotatable bonds is 5. The first kappa shape index (κ1) is 19.5. The molecule has 0 bridgehead atoms. The van der Waals surface area contributed by atoms with E-state index in [1.165, 1.54) is 12.1 Å². The Morgan fingerprint density at radius 3 is 2.78 bits per heavy atom. The van der Waals surface area contributed by atoms with Gasteiger partial charge in [-0.05, 0) is 18.2 Å². The van der Waals surface area contributed by atoms with E-state index in [9.17, 15) is 18.0 Å². The summed E-state index contributed by atoms with van der Waals surface area (Å²) in [7, 11) is 0. The van der Waals surface area contributed by atoms with Crippen LogP contribution in [0.1, 0.15) is 6.92 Å². The maximum Gasteiger partial charge on any atom is 0.422 e. The Labute approximate surface area is 140 Å². The number of thiazole rings is 1. The number of hydrogen-bond donors (Lipinski definition) is 2. The molecule has 0 aliphatic rings. The minimum atomic E-state index is -4.39. The highest BCUT2D eigenvalue weighted by molar-refractivity contribution is 7.22. The lowest BCUT2D eigenvalue weighted by molar-refractivity contribution is -0.153. The molecule has 0 radical (unpaired) electrons. The predicted molar refractivity (Wildman–Crippen MR) is 85.3 cm³/mol. The van der Waals surface area contributed by atoms with Gasteiger partial charge in [0.25, 0.3) is 0 Å². The Morgan fingerprint density at radius 1 is 1.48 bits per heavy atom. The average molecular weight is 370 g/mol. The van der Waals surface area contributed by atoms with Crippen molar-refractivity contribution < 1.29 is 22.7 Å². The number of halogens is 4. The molecule has 128 valence electrons. The van der Waals surface area contributed by atoms with Gasteiger partial charge in [-0.25, -0.2) is 4.98 Å². The molecule has 1 amide bonds. The standard InChI is InChI=1S/C13H14F3N3O2S.ClH/c1-7(5-17)11(20)19-12-18-9-3-2-8(4-10(9)22-12)21-6-13(14,15)16;/h2-4,7H,5-6,17H2,1H3,(H,18,19,20);1H. The van der Waals surface area contributed by atoms with Gasteiger partial charge in [0, 0.05) is 12.5 Å². The number of nitrogens with one attached hydrogen (secondary N) is 1. The van der Waals surface area contributed by atoms with Crippen LogP contribution in [0.4, 0.5) is 18.3 Å². The number of carbonyl (C=O) groups is 1. The van der Waals surface area contributed by atoms with Crippen LogP contribution in [0.15, 0.2) is 18.2 Å². The molecule has 0 aliphatic heterocycles. The molecule has 1 aromatic carbocycles. The third-order valence-electron chi connectivity index (χ3n) is 2.79. The van der Waals surface area contributed by atoms with E-state index in [0.29, 0.717) is 15.3 Å². The first-order valence-electron chi connectivity index (χ1n) is 6.39. The van der Waals surface area contributed by atoms with Crippen molar-refractivity contribution in [3.8, 4) is 5.75 Å². The highest BCUT2D eigenvalue weighted by atomic mass is 35.5. The van der Waals surface area contributed by atoms with Gasteiger partial charge in [-0.2, -0.15) is 13.2 Å². The molecule has 1 unspecified atom stereocenters. The van der Waals surface area contributed by atoms with Crippen molar-refractivity contribution in [3.63, 3.8) is 0 Å². The van der Waals surface area contributed by atoms with Crippen LogP contribution in [0.2, 0.25) is 0 Å². The van der Waals surface area contributed by atoms with E-state index in [4.69, 9.17) is 5.73 Å². The summed E-state index contributed by atoms with van der Waals surface area (Å²) >= 11 is 1.16. The molecule has 10 heteroatoms. The molecule has 1 heterocycles. The number of benzene rings is 1. The van der Waals surface area contributed by atoms with Gasteiger partial charge in [-0.3, -0.25) is 4.79 Å². The highest BCUT2D eigenvalue weighted by Gasteiger charge is 2.28. The Bertz CT molecular complexity index is 678. The number of nitrogens with zero attached hydrogens (tertiary/aromatic N) is 1. The molecule has 0 fully saturated rings. The van der Waals surface area contributed by atoms with Crippen LogP contribution in [-0.4, -0.2) is 30.2 Å². The summed E-state index contributed by atoms with van der Waals surface area (Å²) in [5, 5.41) is 2.99. The van der Waals surface area contributed by atoms with E-state index in [2.05, 4.69) is 15.0 Å². The zero-order chi connectivity index (χ0) is 16.3. The van der Waals surface area contributed by atoms with Crippen molar-refractivity contribution in [2.45, 2.75) is 13.1 Å². The molecule has 1 aromatic heterocycles. The SMILES string of the molecule is CC(CN)C(=O)Nc1nc2ccc(OCC(F)(F)F)cc2s1.Cl. The molecule has 0 spiro atoms. The Kier molecular flexibility index (Phi) is 6.60. The fraction of sp³-hybridized carbons (Fsp3) is 0.385. The Hall–Kier alpha value is -1.58. The molecule has 2 aromatic rings. The lowest BCUT2D eigenvalue weighted by atomic mass is 10.2.